The number of aryl methyl sites for hydroxylation is 1. The van der Waals surface area contributed by atoms with E-state index >= 15 is 0 Å². The van der Waals surface area contributed by atoms with Crippen molar-refractivity contribution in [1.29, 1.82) is 0 Å². The fraction of sp³-hybridized carbons (Fsp3) is 0.500. The number of rotatable bonds is 8. The van der Waals surface area contributed by atoms with E-state index in [0.29, 0.717) is 45.6 Å². The number of aromatic amines is 1. The van der Waals surface area contributed by atoms with Crippen molar-refractivity contribution < 1.29 is 14.6 Å². The number of carbonyl (C=O) groups excluding carboxylic acids is 1. The predicted octanol–water partition coefficient (Wildman–Crippen LogP) is 4.73. The number of aromatic nitrogens is 2. The summed E-state index contributed by atoms with van der Waals surface area (Å²) in [4.78, 5) is 36.3. The van der Waals surface area contributed by atoms with Crippen LogP contribution < -0.4 is 5.56 Å². The maximum atomic E-state index is 13.0. The lowest BCUT2D eigenvalue weighted by Gasteiger charge is -2.35. The number of esters is 1. The minimum atomic E-state index is -0.625. The number of nitrogens with zero attached hydrogens (tertiary/aromatic N) is 2. The van der Waals surface area contributed by atoms with E-state index in [4.69, 9.17) is 9.72 Å². The van der Waals surface area contributed by atoms with Crippen LogP contribution in [0, 0.1) is 6.92 Å². The number of carbonyl (C=O) groups is 1. The van der Waals surface area contributed by atoms with Gasteiger partial charge in [-0.1, -0.05) is 49.6 Å². The van der Waals surface area contributed by atoms with Gasteiger partial charge in [0, 0.05) is 12.6 Å². The molecule has 2 heterocycles. The molecule has 2 aromatic heterocycles. The molecule has 0 radical (unpaired) electrons. The SMILES string of the molecule is Cc1c(C(=O)OC(C)C)sc2nc(CN(CC(O)c3ccccc3)C3CCCCC3)[nH]c(=O)c12. The lowest BCUT2D eigenvalue weighted by molar-refractivity contribution is 0.0383. The van der Waals surface area contributed by atoms with Crippen LogP contribution in [0.4, 0.5) is 0 Å². The Morgan fingerprint density at radius 1 is 1.24 bits per heavy atom. The molecule has 0 spiro atoms. The Bertz CT molecular complexity index is 1180. The topological polar surface area (TPSA) is 95.5 Å². The average Bonchev–Trinajstić information content (AvgIpc) is 3.16. The number of aliphatic hydroxyl groups is 1. The predicted molar refractivity (Wildman–Crippen MR) is 134 cm³/mol. The van der Waals surface area contributed by atoms with Crippen LogP contribution in [0.3, 0.4) is 0 Å². The summed E-state index contributed by atoms with van der Waals surface area (Å²) < 4.78 is 5.34. The second-order valence-electron chi connectivity index (χ2n) is 9.35. The Hall–Kier alpha value is -2.55. The number of hydrogen-bond acceptors (Lipinski definition) is 7. The Morgan fingerprint density at radius 3 is 2.62 bits per heavy atom. The number of fused-ring (bicyclic) bond motifs is 1. The maximum absolute atomic E-state index is 13.0. The first-order valence-electron chi connectivity index (χ1n) is 12.0. The first kappa shape index (κ1) is 24.6. The van der Waals surface area contributed by atoms with Gasteiger partial charge in [0.25, 0.3) is 5.56 Å². The molecular formula is C26H33N3O4S. The third-order valence-electron chi connectivity index (χ3n) is 6.41. The van der Waals surface area contributed by atoms with Gasteiger partial charge in [0.2, 0.25) is 0 Å². The van der Waals surface area contributed by atoms with Crippen LogP contribution in [0.1, 0.15) is 78.7 Å². The summed E-state index contributed by atoms with van der Waals surface area (Å²) in [7, 11) is 0. The molecule has 1 unspecified atom stereocenters. The Kier molecular flexibility index (Phi) is 7.80. The van der Waals surface area contributed by atoms with Crippen molar-refractivity contribution in [3.05, 3.63) is 62.5 Å². The molecule has 3 aromatic rings. The van der Waals surface area contributed by atoms with Crippen molar-refractivity contribution in [3.8, 4) is 0 Å². The van der Waals surface area contributed by atoms with Crippen LogP contribution in [0.15, 0.2) is 35.1 Å². The van der Waals surface area contributed by atoms with Crippen LogP contribution >= 0.6 is 11.3 Å². The molecule has 0 bridgehead atoms. The van der Waals surface area contributed by atoms with E-state index in [0.717, 1.165) is 31.2 Å². The smallest absolute Gasteiger partial charge is 0.348 e. The van der Waals surface area contributed by atoms with Gasteiger partial charge in [0.15, 0.2) is 0 Å². The van der Waals surface area contributed by atoms with E-state index in [1.165, 1.54) is 17.8 Å². The summed E-state index contributed by atoms with van der Waals surface area (Å²) in [6.07, 6.45) is 4.83. The first-order valence-corrected chi connectivity index (χ1v) is 12.9. The van der Waals surface area contributed by atoms with Gasteiger partial charge in [0.1, 0.15) is 15.5 Å². The average molecular weight is 484 g/mol. The van der Waals surface area contributed by atoms with Gasteiger partial charge in [0.05, 0.1) is 24.1 Å². The Labute approximate surface area is 203 Å². The van der Waals surface area contributed by atoms with E-state index in [1.54, 1.807) is 20.8 Å². The molecule has 1 aliphatic rings. The van der Waals surface area contributed by atoms with Crippen LogP contribution in [-0.2, 0) is 11.3 Å². The van der Waals surface area contributed by atoms with Gasteiger partial charge in [-0.2, -0.15) is 0 Å². The molecule has 1 fully saturated rings. The van der Waals surface area contributed by atoms with Crippen LogP contribution in [0.5, 0.6) is 0 Å². The fourth-order valence-corrected chi connectivity index (χ4v) is 5.79. The standard InChI is InChI=1S/C26H33N3O4S/c1-16(2)33-26(32)23-17(3)22-24(31)27-21(28-25(22)34-23)15-29(19-12-8-5-9-13-19)14-20(30)18-10-6-4-7-11-18/h4,6-7,10-11,16,19-20,30H,5,8-9,12-15H2,1-3H3,(H,27,28,31). The number of H-pyrrole nitrogens is 1. The third-order valence-corrected chi connectivity index (χ3v) is 7.58. The molecule has 7 nitrogen and oxygen atoms in total. The van der Waals surface area contributed by atoms with Crippen molar-refractivity contribution in [3.63, 3.8) is 0 Å². The number of thiophene rings is 1. The van der Waals surface area contributed by atoms with Crippen LogP contribution in [-0.4, -0.2) is 44.6 Å². The summed E-state index contributed by atoms with van der Waals surface area (Å²) in [6.45, 7) is 6.26. The van der Waals surface area contributed by atoms with Gasteiger partial charge < -0.3 is 14.8 Å². The van der Waals surface area contributed by atoms with Crippen LogP contribution in [0.2, 0.25) is 0 Å². The molecule has 34 heavy (non-hydrogen) atoms. The fourth-order valence-electron chi connectivity index (χ4n) is 4.71. The van der Waals surface area contributed by atoms with E-state index in [2.05, 4.69) is 9.88 Å². The molecule has 1 atom stereocenters. The number of benzene rings is 1. The molecule has 8 heteroatoms. The highest BCUT2D eigenvalue weighted by molar-refractivity contribution is 7.20. The van der Waals surface area contributed by atoms with Gasteiger partial charge in [-0.25, -0.2) is 9.78 Å². The summed E-state index contributed by atoms with van der Waals surface area (Å²) in [6, 6.07) is 9.99. The van der Waals surface area contributed by atoms with E-state index in [-0.39, 0.29) is 11.7 Å². The molecule has 182 valence electrons. The number of nitrogens with one attached hydrogen (secondary N) is 1. The molecular weight excluding hydrogens is 450 g/mol. The van der Waals surface area contributed by atoms with Crippen molar-refractivity contribution in [2.75, 3.05) is 6.54 Å². The molecule has 0 amide bonds. The zero-order valence-corrected chi connectivity index (χ0v) is 20.9. The largest absolute Gasteiger partial charge is 0.459 e. The highest BCUT2D eigenvalue weighted by Gasteiger charge is 2.26. The summed E-state index contributed by atoms with van der Waals surface area (Å²) in [5, 5.41) is 11.4. The first-order chi connectivity index (χ1) is 16.3. The Balaban J connectivity index is 1.62. The minimum Gasteiger partial charge on any atom is -0.459 e. The van der Waals surface area contributed by atoms with Crippen LogP contribution in [0.25, 0.3) is 10.2 Å². The summed E-state index contributed by atoms with van der Waals surface area (Å²) in [5.74, 6) is 0.125. The van der Waals surface area contributed by atoms with Gasteiger partial charge in [-0.3, -0.25) is 9.69 Å². The zero-order valence-electron chi connectivity index (χ0n) is 20.0. The Morgan fingerprint density at radius 2 is 1.94 bits per heavy atom. The van der Waals surface area contributed by atoms with Gasteiger partial charge >= 0.3 is 5.97 Å². The summed E-state index contributed by atoms with van der Waals surface area (Å²) in [5.41, 5.74) is 1.24. The lowest BCUT2D eigenvalue weighted by atomic mass is 9.93. The van der Waals surface area contributed by atoms with Crippen molar-refractivity contribution in [2.45, 2.75) is 77.7 Å². The van der Waals surface area contributed by atoms with E-state index in [9.17, 15) is 14.7 Å². The quantitative estimate of drug-likeness (QED) is 0.450. The normalized spacial score (nSPS) is 15.8. The summed E-state index contributed by atoms with van der Waals surface area (Å²) >= 11 is 1.20. The van der Waals surface area contributed by atoms with Crippen molar-refractivity contribution >= 4 is 27.5 Å². The highest BCUT2D eigenvalue weighted by atomic mass is 32.1. The lowest BCUT2D eigenvalue weighted by Crippen LogP contribution is -2.39. The van der Waals surface area contributed by atoms with E-state index < -0.39 is 12.1 Å². The maximum Gasteiger partial charge on any atom is 0.348 e. The van der Waals surface area contributed by atoms with Crippen molar-refractivity contribution in [1.82, 2.24) is 14.9 Å². The number of hydrogen-bond donors (Lipinski definition) is 2. The molecule has 0 saturated heterocycles. The molecule has 1 aliphatic carbocycles. The molecule has 2 N–H and O–H groups in total. The molecule has 1 aromatic carbocycles. The number of ether oxygens (including phenoxy) is 1. The zero-order chi connectivity index (χ0) is 24.2. The monoisotopic (exact) mass is 483 g/mol. The van der Waals surface area contributed by atoms with Crippen molar-refractivity contribution in [2.24, 2.45) is 0 Å². The highest BCUT2D eigenvalue weighted by Crippen LogP contribution is 2.29. The minimum absolute atomic E-state index is 0.237. The second kappa shape index (κ2) is 10.8. The second-order valence-corrected chi connectivity index (χ2v) is 10.3. The van der Waals surface area contributed by atoms with Gasteiger partial charge in [-0.15, -0.1) is 11.3 Å². The molecule has 1 saturated carbocycles. The molecule has 0 aliphatic heterocycles. The number of aliphatic hydroxyl groups excluding tert-OH is 1. The molecule has 4 rings (SSSR count). The third kappa shape index (κ3) is 5.56. The van der Waals surface area contributed by atoms with E-state index in [1.807, 2.05) is 30.3 Å². The van der Waals surface area contributed by atoms with Gasteiger partial charge in [-0.05, 0) is 44.7 Å².